The quantitative estimate of drug-likeness (QED) is 0.616. The van der Waals surface area contributed by atoms with E-state index in [-0.39, 0.29) is 27.9 Å². The van der Waals surface area contributed by atoms with Gasteiger partial charge in [-0.3, -0.25) is 4.79 Å². The van der Waals surface area contributed by atoms with Gasteiger partial charge in [-0.05, 0) is 29.3 Å². The first-order chi connectivity index (χ1) is 13.9. The Morgan fingerprint density at radius 3 is 2.14 bits per heavy atom. The summed E-state index contributed by atoms with van der Waals surface area (Å²) in [5, 5.41) is 0.0628. The fraction of sp³-hybridized carbons (Fsp3) is 0.136. The Labute approximate surface area is 176 Å². The Balaban J connectivity index is 1.78. The number of sulfonamides is 1. The van der Waals surface area contributed by atoms with Crippen molar-refractivity contribution in [1.82, 2.24) is 9.62 Å². The summed E-state index contributed by atoms with van der Waals surface area (Å²) in [6, 6.07) is 23.0. The van der Waals surface area contributed by atoms with Crippen molar-refractivity contribution < 1.29 is 13.2 Å². The molecule has 0 atom stereocenters. The molecule has 5 nitrogen and oxygen atoms in total. The molecule has 0 saturated carbocycles. The number of hydrogen-bond acceptors (Lipinski definition) is 3. The molecule has 0 aliphatic rings. The van der Waals surface area contributed by atoms with Crippen LogP contribution in [0.4, 0.5) is 0 Å². The molecule has 29 heavy (non-hydrogen) atoms. The van der Waals surface area contributed by atoms with Crippen molar-refractivity contribution in [3.63, 3.8) is 0 Å². The highest BCUT2D eigenvalue weighted by Gasteiger charge is 2.21. The van der Waals surface area contributed by atoms with Gasteiger partial charge < -0.3 is 4.90 Å². The van der Waals surface area contributed by atoms with Crippen LogP contribution in [0.1, 0.15) is 21.5 Å². The van der Waals surface area contributed by atoms with Crippen molar-refractivity contribution >= 4 is 27.5 Å². The van der Waals surface area contributed by atoms with Gasteiger partial charge in [0.2, 0.25) is 10.0 Å². The first-order valence-corrected chi connectivity index (χ1v) is 10.9. The SMILES string of the molecule is CN(Cc1ccccc1)C(=O)c1ccc(Cl)c(S(=O)(=O)NCc2ccccc2)c1. The van der Waals surface area contributed by atoms with Crippen LogP contribution in [-0.4, -0.2) is 26.3 Å². The van der Waals surface area contributed by atoms with E-state index in [1.807, 2.05) is 60.7 Å². The summed E-state index contributed by atoms with van der Waals surface area (Å²) in [5.74, 6) is -0.287. The van der Waals surface area contributed by atoms with Gasteiger partial charge >= 0.3 is 0 Å². The summed E-state index contributed by atoms with van der Waals surface area (Å²) in [5.41, 5.74) is 2.06. The smallest absolute Gasteiger partial charge is 0.253 e. The third-order valence-electron chi connectivity index (χ3n) is 4.39. The van der Waals surface area contributed by atoms with Crippen LogP contribution in [0.3, 0.4) is 0 Å². The van der Waals surface area contributed by atoms with Crippen LogP contribution in [-0.2, 0) is 23.1 Å². The topological polar surface area (TPSA) is 66.5 Å². The molecule has 0 bridgehead atoms. The summed E-state index contributed by atoms with van der Waals surface area (Å²) < 4.78 is 28.0. The number of halogens is 1. The molecular formula is C22H21ClN2O3S. The van der Waals surface area contributed by atoms with E-state index in [1.165, 1.54) is 23.1 Å². The fourth-order valence-corrected chi connectivity index (χ4v) is 4.39. The van der Waals surface area contributed by atoms with Crippen molar-refractivity contribution in [3.05, 3.63) is 101 Å². The van der Waals surface area contributed by atoms with Gasteiger partial charge in [0.1, 0.15) is 4.90 Å². The van der Waals surface area contributed by atoms with E-state index < -0.39 is 10.0 Å². The van der Waals surface area contributed by atoms with Gasteiger partial charge in [0.25, 0.3) is 5.91 Å². The second kappa shape index (κ2) is 9.22. The molecule has 0 fully saturated rings. The lowest BCUT2D eigenvalue weighted by atomic mass is 10.1. The van der Waals surface area contributed by atoms with Gasteiger partial charge in [-0.2, -0.15) is 0 Å². The van der Waals surface area contributed by atoms with Crippen LogP contribution in [0.5, 0.6) is 0 Å². The van der Waals surface area contributed by atoms with E-state index in [4.69, 9.17) is 11.6 Å². The highest BCUT2D eigenvalue weighted by Crippen LogP contribution is 2.24. The maximum absolute atomic E-state index is 12.8. The lowest BCUT2D eigenvalue weighted by molar-refractivity contribution is 0.0785. The van der Waals surface area contributed by atoms with E-state index in [1.54, 1.807) is 7.05 Å². The summed E-state index contributed by atoms with van der Waals surface area (Å²) in [4.78, 5) is 14.2. The molecule has 0 heterocycles. The second-order valence-electron chi connectivity index (χ2n) is 6.60. The van der Waals surface area contributed by atoms with Crippen LogP contribution in [0, 0.1) is 0 Å². The van der Waals surface area contributed by atoms with Crippen molar-refractivity contribution in [1.29, 1.82) is 0 Å². The first-order valence-electron chi connectivity index (χ1n) is 8.99. The highest BCUT2D eigenvalue weighted by molar-refractivity contribution is 7.89. The standard InChI is InChI=1S/C22H21ClN2O3S/c1-25(16-18-10-6-3-7-11-18)22(26)19-12-13-20(23)21(14-19)29(27,28)24-15-17-8-4-2-5-9-17/h2-14,24H,15-16H2,1H3. The molecule has 0 radical (unpaired) electrons. The molecule has 3 aromatic rings. The van der Waals surface area contributed by atoms with Gasteiger partial charge in [-0.25, -0.2) is 13.1 Å². The van der Waals surface area contributed by atoms with E-state index >= 15 is 0 Å². The Hall–Kier alpha value is -2.67. The summed E-state index contributed by atoms with van der Waals surface area (Å²) in [6.45, 7) is 0.544. The molecule has 0 aliphatic carbocycles. The Bertz CT molecular complexity index is 1090. The van der Waals surface area contributed by atoms with Gasteiger partial charge in [-0.1, -0.05) is 72.3 Å². The van der Waals surface area contributed by atoms with Crippen LogP contribution in [0.2, 0.25) is 5.02 Å². The van der Waals surface area contributed by atoms with Crippen LogP contribution in [0.15, 0.2) is 83.8 Å². The number of hydrogen-bond donors (Lipinski definition) is 1. The average molecular weight is 429 g/mol. The van der Waals surface area contributed by atoms with E-state index in [0.29, 0.717) is 6.54 Å². The van der Waals surface area contributed by atoms with Crippen molar-refractivity contribution in [2.75, 3.05) is 7.05 Å². The molecule has 7 heteroatoms. The molecule has 150 valence electrons. The zero-order chi connectivity index (χ0) is 20.9. The minimum absolute atomic E-state index is 0.0628. The monoisotopic (exact) mass is 428 g/mol. The molecular weight excluding hydrogens is 408 g/mol. The molecule has 0 spiro atoms. The molecule has 0 saturated heterocycles. The number of nitrogens with one attached hydrogen (secondary N) is 1. The number of amides is 1. The zero-order valence-electron chi connectivity index (χ0n) is 15.9. The number of rotatable bonds is 7. The zero-order valence-corrected chi connectivity index (χ0v) is 17.5. The summed E-state index contributed by atoms with van der Waals surface area (Å²) in [7, 11) is -2.21. The lowest BCUT2D eigenvalue weighted by Gasteiger charge is -2.18. The maximum atomic E-state index is 12.8. The first kappa shape index (κ1) is 21.0. The van der Waals surface area contributed by atoms with Crippen LogP contribution < -0.4 is 4.72 Å². The number of carbonyl (C=O) groups is 1. The number of benzene rings is 3. The molecule has 0 aliphatic heterocycles. The minimum atomic E-state index is -3.88. The minimum Gasteiger partial charge on any atom is -0.337 e. The van der Waals surface area contributed by atoms with Gasteiger partial charge in [0, 0.05) is 25.7 Å². The number of nitrogens with zero attached hydrogens (tertiary/aromatic N) is 1. The van der Waals surface area contributed by atoms with Crippen LogP contribution in [0.25, 0.3) is 0 Å². The Morgan fingerprint density at radius 2 is 1.52 bits per heavy atom. The van der Waals surface area contributed by atoms with Gasteiger partial charge in [-0.15, -0.1) is 0 Å². The average Bonchev–Trinajstić information content (AvgIpc) is 2.73. The van der Waals surface area contributed by atoms with Crippen molar-refractivity contribution in [2.45, 2.75) is 18.0 Å². The predicted molar refractivity (Wildman–Crippen MR) is 114 cm³/mol. The molecule has 0 unspecified atom stereocenters. The molecule has 3 aromatic carbocycles. The normalized spacial score (nSPS) is 11.2. The largest absolute Gasteiger partial charge is 0.337 e. The highest BCUT2D eigenvalue weighted by atomic mass is 35.5. The Kier molecular flexibility index (Phi) is 6.69. The summed E-state index contributed by atoms with van der Waals surface area (Å²) in [6.07, 6.45) is 0. The third kappa shape index (κ3) is 5.44. The lowest BCUT2D eigenvalue weighted by Crippen LogP contribution is -2.27. The Morgan fingerprint density at radius 1 is 0.931 bits per heavy atom. The predicted octanol–water partition coefficient (Wildman–Crippen LogP) is 4.09. The van der Waals surface area contributed by atoms with Crippen LogP contribution >= 0.6 is 11.6 Å². The third-order valence-corrected chi connectivity index (χ3v) is 6.27. The van der Waals surface area contributed by atoms with E-state index in [9.17, 15) is 13.2 Å². The van der Waals surface area contributed by atoms with Gasteiger partial charge in [0.15, 0.2) is 0 Å². The molecule has 0 aromatic heterocycles. The van der Waals surface area contributed by atoms with E-state index in [0.717, 1.165) is 11.1 Å². The molecule has 1 amide bonds. The van der Waals surface area contributed by atoms with E-state index in [2.05, 4.69) is 4.72 Å². The second-order valence-corrected chi connectivity index (χ2v) is 8.74. The van der Waals surface area contributed by atoms with Gasteiger partial charge in [0.05, 0.1) is 5.02 Å². The molecule has 3 rings (SSSR count). The summed E-state index contributed by atoms with van der Waals surface area (Å²) >= 11 is 6.13. The fourth-order valence-electron chi connectivity index (χ4n) is 2.84. The van der Waals surface area contributed by atoms with Crippen molar-refractivity contribution in [2.24, 2.45) is 0 Å². The maximum Gasteiger partial charge on any atom is 0.253 e. The number of carbonyl (C=O) groups excluding carboxylic acids is 1. The molecule has 1 N–H and O–H groups in total. The van der Waals surface area contributed by atoms with Crippen molar-refractivity contribution in [3.8, 4) is 0 Å².